The maximum Gasteiger partial charge on any atom is 0.260 e. The van der Waals surface area contributed by atoms with Gasteiger partial charge in [0.05, 0.1) is 24.4 Å². The van der Waals surface area contributed by atoms with E-state index >= 15 is 0 Å². The van der Waals surface area contributed by atoms with Gasteiger partial charge < -0.3 is 19.3 Å². The van der Waals surface area contributed by atoms with Crippen LogP contribution >= 0.6 is 23.7 Å². The average molecular weight is 507 g/mol. The molecule has 7 nitrogen and oxygen atoms in total. The Kier molecular flexibility index (Phi) is 10.4. The molecule has 0 saturated heterocycles. The predicted octanol–water partition coefficient (Wildman–Crippen LogP) is 5.18. The fourth-order valence-electron chi connectivity index (χ4n) is 3.75. The first-order valence-electron chi connectivity index (χ1n) is 11.3. The second-order valence-corrected chi connectivity index (χ2v) is 9.01. The zero-order valence-corrected chi connectivity index (χ0v) is 22.5. The van der Waals surface area contributed by atoms with Crippen molar-refractivity contribution in [2.75, 3.05) is 64.3 Å². The molecule has 0 fully saturated rings. The third kappa shape index (κ3) is 6.31. The van der Waals surface area contributed by atoms with Gasteiger partial charge in [0.15, 0.2) is 16.6 Å². The molecule has 0 aliphatic rings. The molecule has 0 saturated carbocycles. The molecule has 0 aliphatic heterocycles. The molecular formula is C25H35ClN4O3S. The van der Waals surface area contributed by atoms with Crippen molar-refractivity contribution >= 4 is 50.7 Å². The number of fused-ring (bicyclic) bond motifs is 1. The Bertz CT molecular complexity index is 1030. The van der Waals surface area contributed by atoms with E-state index in [0.717, 1.165) is 42.0 Å². The van der Waals surface area contributed by atoms with Crippen LogP contribution in [0.1, 0.15) is 30.6 Å². The summed E-state index contributed by atoms with van der Waals surface area (Å²) >= 11 is 1.49. The maximum atomic E-state index is 13.6. The summed E-state index contributed by atoms with van der Waals surface area (Å²) in [5, 5.41) is 0.678. The van der Waals surface area contributed by atoms with E-state index < -0.39 is 0 Å². The van der Waals surface area contributed by atoms with Crippen LogP contribution in [-0.2, 0) is 0 Å². The Morgan fingerprint density at radius 1 is 0.971 bits per heavy atom. The lowest BCUT2D eigenvalue weighted by Crippen LogP contribution is -2.33. The lowest BCUT2D eigenvalue weighted by atomic mass is 10.1. The van der Waals surface area contributed by atoms with Crippen molar-refractivity contribution in [3.05, 3.63) is 42.0 Å². The SMILES string of the molecule is CCN(CC)c1ccc(C(=O)N(CCCN(C)C)c2nc3cc(OC)c(OC)cc3s2)cc1.Cl. The van der Waals surface area contributed by atoms with Gasteiger partial charge in [0.2, 0.25) is 0 Å². The number of amides is 1. The number of thiazole rings is 1. The molecule has 186 valence electrons. The number of hydrogen-bond donors (Lipinski definition) is 0. The molecule has 2 aromatic carbocycles. The molecule has 0 radical (unpaired) electrons. The monoisotopic (exact) mass is 506 g/mol. The quantitative estimate of drug-likeness (QED) is 0.357. The van der Waals surface area contributed by atoms with Crippen LogP contribution in [0.4, 0.5) is 10.8 Å². The smallest absolute Gasteiger partial charge is 0.260 e. The molecule has 0 bridgehead atoms. The molecule has 0 unspecified atom stereocenters. The molecule has 9 heteroatoms. The van der Waals surface area contributed by atoms with Crippen LogP contribution in [0.25, 0.3) is 10.2 Å². The minimum atomic E-state index is -0.0437. The highest BCUT2D eigenvalue weighted by Crippen LogP contribution is 2.37. The molecule has 34 heavy (non-hydrogen) atoms. The Hall–Kier alpha value is -2.55. The maximum absolute atomic E-state index is 13.6. The predicted molar refractivity (Wildman–Crippen MR) is 145 cm³/mol. The topological polar surface area (TPSA) is 58.1 Å². The average Bonchev–Trinajstić information content (AvgIpc) is 3.24. The molecule has 0 spiro atoms. The van der Waals surface area contributed by atoms with Gasteiger partial charge in [-0.3, -0.25) is 9.69 Å². The summed E-state index contributed by atoms with van der Waals surface area (Å²) in [5.41, 5.74) is 2.56. The van der Waals surface area contributed by atoms with E-state index in [-0.39, 0.29) is 18.3 Å². The molecule has 0 aliphatic carbocycles. The minimum Gasteiger partial charge on any atom is -0.493 e. The van der Waals surface area contributed by atoms with Crippen molar-refractivity contribution in [2.24, 2.45) is 0 Å². The summed E-state index contributed by atoms with van der Waals surface area (Å²) in [6.07, 6.45) is 0.846. The summed E-state index contributed by atoms with van der Waals surface area (Å²) in [6, 6.07) is 11.6. The fraction of sp³-hybridized carbons (Fsp3) is 0.440. The van der Waals surface area contributed by atoms with Crippen LogP contribution in [0.5, 0.6) is 11.5 Å². The summed E-state index contributed by atoms with van der Waals surface area (Å²) in [5.74, 6) is 1.23. The van der Waals surface area contributed by atoms with Crippen LogP contribution < -0.4 is 19.3 Å². The van der Waals surface area contributed by atoms with Gasteiger partial charge in [0, 0.05) is 43.0 Å². The number of anilines is 2. The largest absolute Gasteiger partial charge is 0.493 e. The van der Waals surface area contributed by atoms with Gasteiger partial charge in [-0.1, -0.05) is 11.3 Å². The summed E-state index contributed by atoms with van der Waals surface area (Å²) < 4.78 is 11.8. The lowest BCUT2D eigenvalue weighted by Gasteiger charge is -2.23. The number of benzene rings is 2. The third-order valence-corrected chi connectivity index (χ3v) is 6.63. The van der Waals surface area contributed by atoms with Gasteiger partial charge in [-0.15, -0.1) is 12.4 Å². The number of carbonyl (C=O) groups is 1. The van der Waals surface area contributed by atoms with Crippen LogP contribution in [-0.4, -0.2) is 70.3 Å². The standard InChI is InChI=1S/C25H34N4O3S.ClH/c1-7-28(8-2)19-12-10-18(11-13-19)24(30)29(15-9-14-27(3)4)25-26-20-16-21(31-5)22(32-6)17-23(20)33-25;/h10-13,16-17H,7-9,14-15H2,1-6H3;1H. The number of aromatic nitrogens is 1. The Morgan fingerprint density at radius 2 is 1.59 bits per heavy atom. The Balaban J connectivity index is 0.00000408. The van der Waals surface area contributed by atoms with Crippen LogP contribution in [0, 0.1) is 0 Å². The van der Waals surface area contributed by atoms with Crippen molar-refractivity contribution < 1.29 is 14.3 Å². The normalized spacial score (nSPS) is 10.8. The highest BCUT2D eigenvalue weighted by molar-refractivity contribution is 7.22. The van der Waals surface area contributed by atoms with E-state index in [1.54, 1.807) is 19.1 Å². The second kappa shape index (κ2) is 12.8. The Labute approximate surface area is 212 Å². The summed E-state index contributed by atoms with van der Waals surface area (Å²) in [4.78, 5) is 24.5. The highest BCUT2D eigenvalue weighted by Gasteiger charge is 2.22. The van der Waals surface area contributed by atoms with Crippen molar-refractivity contribution in [2.45, 2.75) is 20.3 Å². The molecule has 3 rings (SSSR count). The number of hydrogen-bond acceptors (Lipinski definition) is 7. The number of ether oxygens (including phenoxy) is 2. The summed E-state index contributed by atoms with van der Waals surface area (Å²) in [7, 11) is 7.29. The minimum absolute atomic E-state index is 0. The van der Waals surface area contributed by atoms with Gasteiger partial charge in [0.1, 0.15) is 0 Å². The van der Waals surface area contributed by atoms with E-state index in [1.807, 2.05) is 50.5 Å². The molecule has 3 aromatic rings. The van der Waals surface area contributed by atoms with E-state index in [2.05, 4.69) is 23.6 Å². The first kappa shape index (κ1) is 27.7. The number of carbonyl (C=O) groups excluding carboxylic acids is 1. The Morgan fingerprint density at radius 3 is 2.15 bits per heavy atom. The van der Waals surface area contributed by atoms with Gasteiger partial charge in [-0.2, -0.15) is 0 Å². The molecular weight excluding hydrogens is 472 g/mol. The van der Waals surface area contributed by atoms with E-state index in [0.29, 0.717) is 28.7 Å². The number of halogens is 1. The molecule has 0 atom stereocenters. The van der Waals surface area contributed by atoms with Crippen LogP contribution in [0.2, 0.25) is 0 Å². The number of nitrogens with zero attached hydrogens (tertiary/aromatic N) is 4. The number of rotatable bonds is 11. The van der Waals surface area contributed by atoms with Gasteiger partial charge >= 0.3 is 0 Å². The third-order valence-electron chi connectivity index (χ3n) is 5.59. The van der Waals surface area contributed by atoms with Crippen LogP contribution in [0.3, 0.4) is 0 Å². The zero-order chi connectivity index (χ0) is 24.0. The van der Waals surface area contributed by atoms with Gasteiger partial charge in [0.25, 0.3) is 5.91 Å². The van der Waals surface area contributed by atoms with E-state index in [4.69, 9.17) is 14.5 Å². The van der Waals surface area contributed by atoms with Crippen molar-refractivity contribution in [1.29, 1.82) is 0 Å². The molecule has 1 aromatic heterocycles. The van der Waals surface area contributed by atoms with E-state index in [1.165, 1.54) is 11.3 Å². The highest BCUT2D eigenvalue weighted by atomic mass is 35.5. The summed E-state index contributed by atoms with van der Waals surface area (Å²) in [6.45, 7) is 7.59. The van der Waals surface area contributed by atoms with Crippen molar-refractivity contribution in [3.63, 3.8) is 0 Å². The van der Waals surface area contributed by atoms with E-state index in [9.17, 15) is 4.79 Å². The first-order valence-corrected chi connectivity index (χ1v) is 12.1. The molecule has 1 heterocycles. The van der Waals surface area contributed by atoms with Crippen LogP contribution in [0.15, 0.2) is 36.4 Å². The van der Waals surface area contributed by atoms with Gasteiger partial charge in [-0.05, 0) is 65.2 Å². The zero-order valence-electron chi connectivity index (χ0n) is 20.8. The van der Waals surface area contributed by atoms with Crippen molar-refractivity contribution in [3.8, 4) is 11.5 Å². The van der Waals surface area contributed by atoms with Gasteiger partial charge in [-0.25, -0.2) is 4.98 Å². The molecule has 0 N–H and O–H groups in total. The second-order valence-electron chi connectivity index (χ2n) is 8.00. The fourth-order valence-corrected chi connectivity index (χ4v) is 4.75. The molecule has 1 amide bonds. The number of methoxy groups -OCH3 is 2. The first-order chi connectivity index (χ1) is 15.9. The lowest BCUT2D eigenvalue weighted by molar-refractivity contribution is 0.0986. The van der Waals surface area contributed by atoms with Crippen molar-refractivity contribution in [1.82, 2.24) is 9.88 Å².